The molecule has 2 rings (SSSR count). The molecule has 1 N–H and O–H groups in total. The highest BCUT2D eigenvalue weighted by atomic mass is 79.9. The first-order chi connectivity index (χ1) is 11.4. The van der Waals surface area contributed by atoms with Crippen molar-refractivity contribution in [2.75, 3.05) is 11.9 Å². The molecular weight excluding hydrogens is 376 g/mol. The monoisotopic (exact) mass is 392 g/mol. The fourth-order valence-electron chi connectivity index (χ4n) is 2.17. The summed E-state index contributed by atoms with van der Waals surface area (Å²) in [7, 11) is 0. The summed E-state index contributed by atoms with van der Waals surface area (Å²) in [5.41, 5.74) is 0.969. The van der Waals surface area contributed by atoms with E-state index in [1.165, 1.54) is 12.1 Å². The van der Waals surface area contributed by atoms with Crippen LogP contribution in [0.3, 0.4) is 0 Å². The fraction of sp³-hybridized carbons (Fsp3) is 0.235. The number of nitrogens with one attached hydrogen (secondary N) is 1. The number of carbonyl (C=O) groups is 1. The van der Waals surface area contributed by atoms with E-state index in [-0.39, 0.29) is 23.9 Å². The number of amides is 1. The molecule has 0 fully saturated rings. The third kappa shape index (κ3) is 4.55. The molecule has 126 valence electrons. The van der Waals surface area contributed by atoms with Gasteiger partial charge in [0, 0.05) is 10.5 Å². The van der Waals surface area contributed by atoms with Crippen LogP contribution in [0.1, 0.15) is 25.3 Å². The van der Waals surface area contributed by atoms with Gasteiger partial charge >= 0.3 is 0 Å². The lowest BCUT2D eigenvalue weighted by Crippen LogP contribution is -2.21. The molecule has 2 aromatic rings. The van der Waals surface area contributed by atoms with E-state index >= 15 is 0 Å². The maximum Gasteiger partial charge on any atom is 0.292 e. The first kappa shape index (κ1) is 17.9. The topological polar surface area (TPSA) is 81.5 Å². The molecule has 24 heavy (non-hydrogen) atoms. The van der Waals surface area contributed by atoms with Crippen LogP contribution in [0.5, 0.6) is 5.75 Å². The van der Waals surface area contributed by atoms with Gasteiger partial charge in [-0.3, -0.25) is 14.9 Å². The van der Waals surface area contributed by atoms with E-state index < -0.39 is 10.8 Å². The van der Waals surface area contributed by atoms with Gasteiger partial charge in [0.2, 0.25) is 0 Å². The Bertz CT molecular complexity index is 762. The quantitative estimate of drug-likeness (QED) is 0.579. The van der Waals surface area contributed by atoms with Gasteiger partial charge in [-0.2, -0.15) is 0 Å². The highest BCUT2D eigenvalue weighted by Crippen LogP contribution is 2.29. The van der Waals surface area contributed by atoms with Crippen molar-refractivity contribution in [2.24, 2.45) is 0 Å². The van der Waals surface area contributed by atoms with Gasteiger partial charge < -0.3 is 10.1 Å². The molecule has 0 saturated carbocycles. The van der Waals surface area contributed by atoms with E-state index in [4.69, 9.17) is 4.74 Å². The minimum absolute atomic E-state index is 0.149. The summed E-state index contributed by atoms with van der Waals surface area (Å²) in [5.74, 6) is 0.392. The van der Waals surface area contributed by atoms with Crippen molar-refractivity contribution in [1.82, 2.24) is 0 Å². The smallest absolute Gasteiger partial charge is 0.292 e. The highest BCUT2D eigenvalue weighted by Gasteiger charge is 2.16. The minimum atomic E-state index is -0.540. The molecule has 0 bridgehead atoms. The molecule has 0 aliphatic rings. The zero-order valence-corrected chi connectivity index (χ0v) is 14.9. The maximum absolute atomic E-state index is 12.0. The number of hydrogen-bond donors (Lipinski definition) is 1. The predicted molar refractivity (Wildman–Crippen MR) is 95.5 cm³/mol. The van der Waals surface area contributed by atoms with Crippen LogP contribution in [0.4, 0.5) is 11.4 Å². The summed E-state index contributed by atoms with van der Waals surface area (Å²) in [5, 5.41) is 13.5. The number of carbonyl (C=O) groups excluding carboxylic acids is 1. The van der Waals surface area contributed by atoms with Crippen LogP contribution in [0.2, 0.25) is 0 Å². The van der Waals surface area contributed by atoms with Gasteiger partial charge in [0.1, 0.15) is 11.4 Å². The molecule has 0 unspecified atom stereocenters. The molecule has 6 nitrogen and oxygen atoms in total. The number of para-hydroxylation sites is 2. The highest BCUT2D eigenvalue weighted by molar-refractivity contribution is 9.10. The van der Waals surface area contributed by atoms with Crippen molar-refractivity contribution in [2.45, 2.75) is 19.8 Å². The van der Waals surface area contributed by atoms with Crippen LogP contribution >= 0.6 is 15.9 Å². The molecule has 1 amide bonds. The van der Waals surface area contributed by atoms with Crippen LogP contribution in [0.25, 0.3) is 0 Å². The predicted octanol–water partition coefficient (Wildman–Crippen LogP) is 4.50. The molecule has 0 atom stereocenters. The standard InChI is InChI=1S/C17H17BrN2O4/c1-11(2)13-9-12(18)7-8-16(13)24-10-17(21)19-14-5-3-4-6-15(14)20(22)23/h3-9,11H,10H2,1-2H3,(H,19,21). The molecule has 0 aliphatic carbocycles. The number of benzene rings is 2. The zero-order chi connectivity index (χ0) is 17.7. The van der Waals surface area contributed by atoms with Crippen molar-refractivity contribution < 1.29 is 14.5 Å². The molecule has 0 saturated heterocycles. The summed E-state index contributed by atoms with van der Waals surface area (Å²) in [6.45, 7) is 3.83. The van der Waals surface area contributed by atoms with Gasteiger partial charge in [-0.25, -0.2) is 0 Å². The fourth-order valence-corrected chi connectivity index (χ4v) is 2.55. The van der Waals surface area contributed by atoms with Gasteiger partial charge in [-0.15, -0.1) is 0 Å². The van der Waals surface area contributed by atoms with Gasteiger partial charge in [0.15, 0.2) is 6.61 Å². The first-order valence-corrected chi connectivity index (χ1v) is 8.13. The lowest BCUT2D eigenvalue weighted by molar-refractivity contribution is -0.383. The second kappa shape index (κ2) is 7.92. The van der Waals surface area contributed by atoms with Crippen LogP contribution in [0, 0.1) is 10.1 Å². The number of hydrogen-bond acceptors (Lipinski definition) is 4. The number of nitro groups is 1. The van der Waals surface area contributed by atoms with Crippen LogP contribution < -0.4 is 10.1 Å². The lowest BCUT2D eigenvalue weighted by atomic mass is 10.0. The molecule has 0 spiro atoms. The second-order valence-corrected chi connectivity index (χ2v) is 6.36. The Morgan fingerprint density at radius 1 is 1.29 bits per heavy atom. The van der Waals surface area contributed by atoms with Crippen LogP contribution in [0.15, 0.2) is 46.9 Å². The Morgan fingerprint density at radius 3 is 2.67 bits per heavy atom. The number of rotatable bonds is 6. The Balaban J connectivity index is 2.06. The molecule has 2 aromatic carbocycles. The minimum Gasteiger partial charge on any atom is -0.483 e. The molecule has 0 radical (unpaired) electrons. The van der Waals surface area contributed by atoms with E-state index in [0.717, 1.165) is 10.0 Å². The first-order valence-electron chi connectivity index (χ1n) is 7.34. The van der Waals surface area contributed by atoms with Crippen molar-refractivity contribution in [3.63, 3.8) is 0 Å². The molecule has 7 heteroatoms. The number of nitrogens with zero attached hydrogens (tertiary/aromatic N) is 1. The van der Waals surface area contributed by atoms with Gasteiger partial charge in [0.25, 0.3) is 11.6 Å². The van der Waals surface area contributed by atoms with E-state index in [2.05, 4.69) is 21.2 Å². The second-order valence-electron chi connectivity index (χ2n) is 5.45. The van der Waals surface area contributed by atoms with Crippen LogP contribution in [-0.2, 0) is 4.79 Å². The van der Waals surface area contributed by atoms with Gasteiger partial charge in [-0.05, 0) is 35.7 Å². The van der Waals surface area contributed by atoms with E-state index in [9.17, 15) is 14.9 Å². The largest absolute Gasteiger partial charge is 0.483 e. The van der Waals surface area contributed by atoms with E-state index in [1.54, 1.807) is 18.2 Å². The van der Waals surface area contributed by atoms with Crippen molar-refractivity contribution in [1.29, 1.82) is 0 Å². The average molecular weight is 393 g/mol. The molecule has 0 aromatic heterocycles. The lowest BCUT2D eigenvalue weighted by Gasteiger charge is -2.14. The summed E-state index contributed by atoms with van der Waals surface area (Å²) in [6, 6.07) is 11.5. The Labute approximate surface area is 148 Å². The maximum atomic E-state index is 12.0. The van der Waals surface area contributed by atoms with Crippen LogP contribution in [-0.4, -0.2) is 17.4 Å². The number of ether oxygens (including phenoxy) is 1. The zero-order valence-electron chi connectivity index (χ0n) is 13.3. The van der Waals surface area contributed by atoms with Gasteiger partial charge in [0.05, 0.1) is 4.92 Å². The molecule has 0 heterocycles. The average Bonchev–Trinajstić information content (AvgIpc) is 2.53. The Morgan fingerprint density at radius 2 is 2.00 bits per heavy atom. The Kier molecular flexibility index (Phi) is 5.92. The normalized spacial score (nSPS) is 10.5. The van der Waals surface area contributed by atoms with Crippen molar-refractivity contribution in [3.05, 3.63) is 62.6 Å². The third-order valence-electron chi connectivity index (χ3n) is 3.33. The number of halogens is 1. The van der Waals surface area contributed by atoms with Crippen molar-refractivity contribution >= 4 is 33.2 Å². The summed E-state index contributed by atoms with van der Waals surface area (Å²) < 4.78 is 6.52. The third-order valence-corrected chi connectivity index (χ3v) is 3.82. The summed E-state index contributed by atoms with van der Waals surface area (Å²) in [4.78, 5) is 22.5. The van der Waals surface area contributed by atoms with E-state index in [1.807, 2.05) is 26.0 Å². The molecular formula is C17H17BrN2O4. The number of anilines is 1. The summed E-state index contributed by atoms with van der Waals surface area (Å²) >= 11 is 3.41. The van der Waals surface area contributed by atoms with Gasteiger partial charge in [-0.1, -0.05) is 41.9 Å². The van der Waals surface area contributed by atoms with E-state index in [0.29, 0.717) is 5.75 Å². The summed E-state index contributed by atoms with van der Waals surface area (Å²) in [6.07, 6.45) is 0. The van der Waals surface area contributed by atoms with Crippen molar-refractivity contribution in [3.8, 4) is 5.75 Å². The Hall–Kier alpha value is -2.41. The molecule has 0 aliphatic heterocycles. The number of nitro benzene ring substituents is 1. The SMILES string of the molecule is CC(C)c1cc(Br)ccc1OCC(=O)Nc1ccccc1[N+](=O)[O-].